The van der Waals surface area contributed by atoms with E-state index in [-0.39, 0.29) is 23.0 Å². The zero-order valence-corrected chi connectivity index (χ0v) is 16.6. The summed E-state index contributed by atoms with van der Waals surface area (Å²) in [5.74, 6) is -0.220. The Kier molecular flexibility index (Phi) is 6.27. The Morgan fingerprint density at radius 2 is 2.23 bits per heavy atom. The van der Waals surface area contributed by atoms with E-state index >= 15 is 0 Å². The number of nitrogens with one attached hydrogen (secondary N) is 2. The van der Waals surface area contributed by atoms with Gasteiger partial charge in [0, 0.05) is 31.2 Å². The van der Waals surface area contributed by atoms with E-state index in [9.17, 15) is 4.79 Å². The maximum Gasteiger partial charge on any atom is 0.269 e. The third-order valence-electron chi connectivity index (χ3n) is 5.00. The summed E-state index contributed by atoms with van der Waals surface area (Å²) in [5, 5.41) is 3.82. The number of imidazole rings is 1. The maximum absolute atomic E-state index is 12.7. The molecule has 3 heterocycles. The van der Waals surface area contributed by atoms with Crippen LogP contribution in [0.15, 0.2) is 18.7 Å². The van der Waals surface area contributed by atoms with Gasteiger partial charge in [0.05, 0.1) is 28.5 Å². The van der Waals surface area contributed by atoms with Crippen LogP contribution >= 0.6 is 23.2 Å². The quantitative estimate of drug-likeness (QED) is 0.780. The van der Waals surface area contributed by atoms with Gasteiger partial charge in [-0.2, -0.15) is 0 Å². The van der Waals surface area contributed by atoms with Crippen LogP contribution in [0.3, 0.4) is 0 Å². The fraction of sp³-hybridized carbons (Fsp3) is 0.556. The summed E-state index contributed by atoms with van der Waals surface area (Å²) < 4.78 is 2.08. The van der Waals surface area contributed by atoms with E-state index in [1.54, 1.807) is 13.1 Å². The molecule has 0 aromatic carbocycles. The summed E-state index contributed by atoms with van der Waals surface area (Å²) in [5.41, 5.74) is 1.02. The minimum atomic E-state index is -0.220. The molecule has 2 aromatic heterocycles. The number of carbonyl (C=O) groups excluding carboxylic acids is 1. The number of hydrogen-bond acceptors (Lipinski definition) is 3. The van der Waals surface area contributed by atoms with E-state index in [0.717, 1.165) is 26.1 Å². The van der Waals surface area contributed by atoms with Crippen LogP contribution in [-0.4, -0.2) is 51.0 Å². The molecule has 0 radical (unpaired) electrons. The first-order chi connectivity index (χ1) is 12.5. The van der Waals surface area contributed by atoms with Crippen LogP contribution in [0.5, 0.6) is 0 Å². The van der Waals surface area contributed by atoms with Gasteiger partial charge in [0.2, 0.25) is 0 Å². The van der Waals surface area contributed by atoms with Crippen molar-refractivity contribution in [1.82, 2.24) is 24.8 Å². The standard InChI is InChI=1S/C18H25Cl2N5O/c1-3-4-7-24-8-5-13(14(10-24)25-9-6-21-11-25)23-18(26)17-16(20)15(19)12(2)22-17/h6,9,11,13-14,22H,3-5,7-8,10H2,1-2H3,(H,23,26). The normalized spacial score (nSPS) is 21.1. The summed E-state index contributed by atoms with van der Waals surface area (Å²) in [6.45, 7) is 6.94. The van der Waals surface area contributed by atoms with Gasteiger partial charge in [-0.05, 0) is 26.3 Å². The van der Waals surface area contributed by atoms with Gasteiger partial charge in [-0.3, -0.25) is 4.79 Å². The molecule has 1 fully saturated rings. The lowest BCUT2D eigenvalue weighted by molar-refractivity contribution is 0.0856. The Hall–Kier alpha value is -1.50. The van der Waals surface area contributed by atoms with Gasteiger partial charge in [-0.25, -0.2) is 4.98 Å². The topological polar surface area (TPSA) is 66.0 Å². The van der Waals surface area contributed by atoms with Gasteiger partial charge in [0.15, 0.2) is 0 Å². The largest absolute Gasteiger partial charge is 0.352 e. The van der Waals surface area contributed by atoms with E-state index in [4.69, 9.17) is 23.2 Å². The van der Waals surface area contributed by atoms with Crippen molar-refractivity contribution in [1.29, 1.82) is 0 Å². The molecule has 0 saturated carbocycles. The van der Waals surface area contributed by atoms with Gasteiger partial charge >= 0.3 is 0 Å². The second kappa shape index (κ2) is 8.46. The van der Waals surface area contributed by atoms with Crippen molar-refractivity contribution in [3.05, 3.63) is 40.2 Å². The monoisotopic (exact) mass is 397 g/mol. The predicted octanol–water partition coefficient (Wildman–Crippen LogP) is 3.67. The van der Waals surface area contributed by atoms with Crippen molar-refractivity contribution in [3.63, 3.8) is 0 Å². The van der Waals surface area contributed by atoms with Crippen LogP contribution in [-0.2, 0) is 0 Å². The molecule has 2 atom stereocenters. The fourth-order valence-electron chi connectivity index (χ4n) is 3.49. The first-order valence-corrected chi connectivity index (χ1v) is 9.81. The summed E-state index contributed by atoms with van der Waals surface area (Å²) in [4.78, 5) is 22.4. The van der Waals surface area contributed by atoms with Crippen molar-refractivity contribution in [2.75, 3.05) is 19.6 Å². The number of aromatic amines is 1. The second-order valence-corrected chi connectivity index (χ2v) is 7.61. The number of hydrogen-bond donors (Lipinski definition) is 2. The van der Waals surface area contributed by atoms with Gasteiger partial charge in [0.25, 0.3) is 5.91 Å². The number of amides is 1. The highest BCUT2D eigenvalue weighted by Crippen LogP contribution is 2.30. The van der Waals surface area contributed by atoms with Crippen molar-refractivity contribution < 1.29 is 4.79 Å². The molecule has 3 rings (SSSR count). The molecular weight excluding hydrogens is 373 g/mol. The van der Waals surface area contributed by atoms with Gasteiger partial charge in [0.1, 0.15) is 5.69 Å². The zero-order valence-electron chi connectivity index (χ0n) is 15.1. The Bertz CT molecular complexity index is 743. The average molecular weight is 398 g/mol. The maximum atomic E-state index is 12.7. The number of halogens is 2. The third-order valence-corrected chi connectivity index (χ3v) is 5.95. The lowest BCUT2D eigenvalue weighted by Gasteiger charge is -2.39. The van der Waals surface area contributed by atoms with Crippen LogP contribution in [0.2, 0.25) is 10.0 Å². The predicted molar refractivity (Wildman–Crippen MR) is 104 cm³/mol. The number of aromatic nitrogens is 3. The summed E-state index contributed by atoms with van der Waals surface area (Å²) in [6, 6.07) is 0.144. The molecule has 2 N–H and O–H groups in total. The number of nitrogens with zero attached hydrogens (tertiary/aromatic N) is 3. The molecule has 0 spiro atoms. The highest BCUT2D eigenvalue weighted by molar-refractivity contribution is 6.44. The number of piperidine rings is 1. The van der Waals surface area contributed by atoms with E-state index in [0.29, 0.717) is 16.4 Å². The number of carbonyl (C=O) groups is 1. The number of unbranched alkanes of at least 4 members (excludes halogenated alkanes) is 1. The van der Waals surface area contributed by atoms with E-state index in [1.165, 1.54) is 12.8 Å². The molecule has 0 aliphatic carbocycles. The highest BCUT2D eigenvalue weighted by Gasteiger charge is 2.32. The van der Waals surface area contributed by atoms with Crippen molar-refractivity contribution >= 4 is 29.1 Å². The Labute approximate surface area is 163 Å². The fourth-order valence-corrected chi connectivity index (χ4v) is 3.90. The molecular formula is C18H25Cl2N5O. The molecule has 2 aromatic rings. The molecule has 0 bridgehead atoms. The molecule has 2 unspecified atom stereocenters. The number of likely N-dealkylation sites (tertiary alicyclic amines) is 1. The molecule has 8 heteroatoms. The Balaban J connectivity index is 1.74. The highest BCUT2D eigenvalue weighted by atomic mass is 35.5. The molecule has 142 valence electrons. The van der Waals surface area contributed by atoms with Gasteiger partial charge in [-0.1, -0.05) is 36.5 Å². The molecule has 6 nitrogen and oxygen atoms in total. The van der Waals surface area contributed by atoms with Crippen molar-refractivity contribution in [3.8, 4) is 0 Å². The lowest BCUT2D eigenvalue weighted by Crippen LogP contribution is -2.51. The average Bonchev–Trinajstić information content (AvgIpc) is 3.25. The molecule has 1 aliphatic heterocycles. The van der Waals surface area contributed by atoms with Crippen LogP contribution in [0, 0.1) is 6.92 Å². The summed E-state index contributed by atoms with van der Waals surface area (Å²) in [6.07, 6.45) is 8.78. The second-order valence-electron chi connectivity index (χ2n) is 6.85. The number of H-pyrrole nitrogens is 1. The van der Waals surface area contributed by atoms with E-state index in [1.807, 2.05) is 12.5 Å². The van der Waals surface area contributed by atoms with Crippen LogP contribution in [0.25, 0.3) is 0 Å². The van der Waals surface area contributed by atoms with E-state index in [2.05, 4.69) is 31.7 Å². The Morgan fingerprint density at radius 1 is 1.42 bits per heavy atom. The van der Waals surface area contributed by atoms with Crippen molar-refractivity contribution in [2.45, 2.75) is 45.2 Å². The van der Waals surface area contributed by atoms with Gasteiger partial charge < -0.3 is 19.8 Å². The zero-order chi connectivity index (χ0) is 18.7. The van der Waals surface area contributed by atoms with Crippen molar-refractivity contribution in [2.24, 2.45) is 0 Å². The van der Waals surface area contributed by atoms with Gasteiger partial charge in [-0.15, -0.1) is 0 Å². The lowest BCUT2D eigenvalue weighted by atomic mass is 9.98. The Morgan fingerprint density at radius 3 is 2.85 bits per heavy atom. The number of aryl methyl sites for hydroxylation is 1. The van der Waals surface area contributed by atoms with E-state index < -0.39 is 0 Å². The third kappa shape index (κ3) is 4.08. The molecule has 26 heavy (non-hydrogen) atoms. The minimum absolute atomic E-state index is 0.00743. The number of rotatable bonds is 6. The van der Waals surface area contributed by atoms with Crippen LogP contribution < -0.4 is 5.32 Å². The van der Waals surface area contributed by atoms with Crippen LogP contribution in [0.1, 0.15) is 48.4 Å². The summed E-state index contributed by atoms with van der Waals surface area (Å²) in [7, 11) is 0. The first kappa shape index (κ1) is 19.3. The van der Waals surface area contributed by atoms with Crippen LogP contribution in [0.4, 0.5) is 0 Å². The minimum Gasteiger partial charge on any atom is -0.352 e. The summed E-state index contributed by atoms with van der Waals surface area (Å²) >= 11 is 12.3. The molecule has 1 saturated heterocycles. The first-order valence-electron chi connectivity index (χ1n) is 9.05. The SMILES string of the molecule is CCCCN1CCC(NC(=O)c2[nH]c(C)c(Cl)c2Cl)C(n2ccnc2)C1. The molecule has 1 aliphatic rings. The molecule has 1 amide bonds. The smallest absolute Gasteiger partial charge is 0.269 e.